The van der Waals surface area contributed by atoms with Crippen LogP contribution < -0.4 is 80.3 Å². The molecule has 0 aromatic heterocycles. The molecule has 5 aliphatic heterocycles. The monoisotopic (exact) mass is 1780 g/mol. The number of hydrogen-bond acceptors (Lipinski definition) is 36. The van der Waals surface area contributed by atoms with Gasteiger partial charge in [0.25, 0.3) is 0 Å². The minimum Gasteiger partial charge on any atom is -0.445 e. The number of benzene rings is 2. The van der Waals surface area contributed by atoms with Crippen LogP contribution in [0.15, 0.2) is 60.7 Å². The average molecular weight is 1780 g/mol. The Balaban J connectivity index is 0.000000182. The van der Waals surface area contributed by atoms with Crippen LogP contribution in [0.1, 0.15) is 189 Å². The number of nitrogens with two attached hydrogens (primary N) is 14. The summed E-state index contributed by atoms with van der Waals surface area (Å²) >= 11 is 0. The largest absolute Gasteiger partial charge is 0.445 e. The summed E-state index contributed by atoms with van der Waals surface area (Å²) < 4.78 is 65.1. The molecule has 2 aromatic rings. The second-order valence-corrected chi connectivity index (χ2v) is 38.0. The molecule has 720 valence electrons. The molecule has 0 bridgehead atoms. The summed E-state index contributed by atoms with van der Waals surface area (Å²) in [6, 6.07) is 15.5. The van der Waals surface area contributed by atoms with E-state index in [1.807, 2.05) is 116 Å². The first kappa shape index (κ1) is 105. The van der Waals surface area contributed by atoms with Gasteiger partial charge in [0.1, 0.15) is 67.6 Å². The van der Waals surface area contributed by atoms with Crippen molar-refractivity contribution in [3.8, 4) is 0 Å². The summed E-state index contributed by atoms with van der Waals surface area (Å²) in [6.07, 6.45) is -3.51. The van der Waals surface area contributed by atoms with Crippen molar-refractivity contribution in [2.24, 2.45) is 116 Å². The van der Waals surface area contributed by atoms with E-state index in [2.05, 4.69) is 0 Å². The van der Waals surface area contributed by atoms with Gasteiger partial charge in [-0.05, 0) is 176 Å². The Morgan fingerprint density at radius 1 is 0.384 bits per heavy atom. The standard InChI is InChI=1S/C30H43N3O6.C16H31N3O4.C15H31N3O4.C14H29N3O4.C13H27N3O4/c1-3-24(25-15-14-22(31)29(38-25)39-28-23(32)16-19(2)26(34)27(28)35)33(17-20-10-6-4-7-11-20)30(36)37-18-21-12-8-5-9-13-21;1-7-6-10(18)15(14(21)13(7)20)23-16-9(17)4-5-11(22-16)12(19)8-2-3-8;1-3-8(16)11-5-4-9(17)15(21-11)22-14-10(18)6-7(2)12(19)13(14)20;1-6-5-9(17)13(12(19)11(6)18)21-14-8(16)3-4-10(20-14)7(2)15;1-6-4-9(16)12(11(18)10(6)17)20-13-8(15)3-2-7(5-14)19-13/h4-13,19,22-29,34-35H,3,14-18,31-32H2,1-2H3;7-16,20-21H,2-6,17-19H2,1H3;7-15,19-20H,3-6,16-18H2,1-2H3;6-14,18-19H,3-5,15-17H2,1-2H3;6-13,17-18H,2-5,14-16H2,1H3/t19-,22-,23+,24+,25+,26+,27-,28-,29-;7-,9-,10+,11+,12-,13+,14-,15-,16-;7-,8-,9-,10+,11+,12+,13-,14-,15-;6-,7-,8-,9+,10+,11+,12-,13-,14-;6-,7+,8-,9+,10+,11-,12-,13-/m11111/s1. The fourth-order valence-corrected chi connectivity index (χ4v) is 19.1. The zero-order valence-corrected chi connectivity index (χ0v) is 74.7. The predicted octanol–water partition coefficient (Wildman–Crippen LogP) is -2.14. The minimum absolute atomic E-state index is 0.0177. The molecule has 37 nitrogen and oxygen atoms in total. The molecular weight excluding hydrogens is 1620 g/mol. The second-order valence-electron chi connectivity index (χ2n) is 38.0. The third-order valence-electron chi connectivity index (χ3n) is 27.7. The van der Waals surface area contributed by atoms with Crippen LogP contribution >= 0.6 is 0 Å². The molecule has 37 heteroatoms. The van der Waals surface area contributed by atoms with Crippen LogP contribution in [0.2, 0.25) is 0 Å². The van der Waals surface area contributed by atoms with E-state index >= 15 is 0 Å². The normalized spacial score (nSPS) is 44.0. The van der Waals surface area contributed by atoms with Gasteiger partial charge < -0.3 is 183 Å². The van der Waals surface area contributed by atoms with Crippen molar-refractivity contribution >= 4 is 6.09 Å². The lowest BCUT2D eigenvalue weighted by atomic mass is 9.81. The molecule has 6 aliphatic carbocycles. The van der Waals surface area contributed by atoms with Crippen LogP contribution in [-0.4, -0.2) is 307 Å². The molecule has 0 spiro atoms. The Bertz CT molecular complexity index is 3400. The smallest absolute Gasteiger partial charge is 0.410 e. The summed E-state index contributed by atoms with van der Waals surface area (Å²) in [4.78, 5) is 15.2. The maximum Gasteiger partial charge on any atom is 0.410 e. The van der Waals surface area contributed by atoms with Gasteiger partial charge in [-0.3, -0.25) is 4.90 Å². The van der Waals surface area contributed by atoms with Gasteiger partial charge in [-0.2, -0.15) is 0 Å². The van der Waals surface area contributed by atoms with Crippen LogP contribution in [0.25, 0.3) is 0 Å². The Hall–Kier alpha value is -3.65. The van der Waals surface area contributed by atoms with E-state index in [1.54, 1.807) is 4.90 Å². The SMILES string of the molecule is CC[C@@H](N)[C@@H]1CC[C@@H](N)[C@@H](O[C@H]2[C@H](O)[C@@H](O)[C@H](C)C[C@@H]2N)O1.CC[C@@H]([C@@H]1CC[C@@H](N)[C@@H](O[C@H]2[C@H](O)[C@@H](O)[C@H](C)C[C@@H]2N)O1)N(Cc1ccccc1)C(=O)OCc1ccccc1.C[C@@H]1C[C@H](N)[C@@H](O[C@H]2O[C@H](CN)CC[C@H]2N)[C@H](O)[C@H]1O.C[C@@H]1C[C@H](N)[C@@H](O[C@H]2O[C@H]([C@@H](C)N)CC[C@H]2N)[C@H](O)[C@H]1O.C[C@@H]1C[C@H](N)[C@@H](O[C@H]2O[C@H]([C@H](N)C3CC3)CC[C@H]2N)[C@H](O)[C@H]1O. The number of rotatable bonds is 23. The third kappa shape index (κ3) is 28.5. The zero-order valence-electron chi connectivity index (χ0n) is 74.7. The topological polar surface area (TPSA) is 688 Å². The van der Waals surface area contributed by atoms with Crippen LogP contribution in [0.3, 0.4) is 0 Å². The number of carbonyl (C=O) groups excluding carboxylic acids is 1. The molecule has 11 aliphatic rings. The number of carbonyl (C=O) groups is 1. The first-order valence-electron chi connectivity index (χ1n) is 46.1. The van der Waals surface area contributed by atoms with Gasteiger partial charge in [-0.25, -0.2) is 4.79 Å². The van der Waals surface area contributed by atoms with Crippen molar-refractivity contribution in [3.05, 3.63) is 71.8 Å². The highest BCUT2D eigenvalue weighted by Crippen LogP contribution is 2.40. The average Bonchev–Trinajstić information content (AvgIpc) is 1.53. The fraction of sp³-hybridized carbons (Fsp3) is 0.852. The number of ether oxygens (including phenoxy) is 11. The van der Waals surface area contributed by atoms with E-state index in [-0.39, 0.29) is 139 Å². The molecule has 13 rings (SSSR count). The Morgan fingerprint density at radius 3 is 1.02 bits per heavy atom. The van der Waals surface area contributed by atoms with Gasteiger partial charge in [0.05, 0.1) is 97.3 Å². The van der Waals surface area contributed by atoms with Crippen LogP contribution in [0.4, 0.5) is 4.79 Å². The van der Waals surface area contributed by atoms with Crippen molar-refractivity contribution in [1.29, 1.82) is 0 Å². The van der Waals surface area contributed by atoms with E-state index in [0.29, 0.717) is 70.4 Å². The summed E-state index contributed by atoms with van der Waals surface area (Å²) in [5.74, 6) is 0.163. The van der Waals surface area contributed by atoms with Crippen LogP contribution in [-0.2, 0) is 65.3 Å². The molecule has 1 amide bonds. The van der Waals surface area contributed by atoms with Gasteiger partial charge in [0.15, 0.2) is 31.5 Å². The van der Waals surface area contributed by atoms with E-state index < -0.39 is 141 Å². The van der Waals surface area contributed by atoms with E-state index in [4.69, 9.17) is 132 Å². The lowest BCUT2D eigenvalue weighted by molar-refractivity contribution is -0.262. The quantitative estimate of drug-likeness (QED) is 0.0565. The number of nitrogens with zero attached hydrogens (tertiary/aromatic N) is 1. The second kappa shape index (κ2) is 49.4. The number of aliphatic hydroxyl groups excluding tert-OH is 10. The summed E-state index contributed by atoms with van der Waals surface area (Å²) in [5.41, 5.74) is 86.9. The highest BCUT2D eigenvalue weighted by atomic mass is 16.7. The Morgan fingerprint density at radius 2 is 0.688 bits per heavy atom. The van der Waals surface area contributed by atoms with Crippen LogP contribution in [0.5, 0.6) is 0 Å². The molecular formula is C88H161N15O22. The molecule has 5 saturated heterocycles. The maximum atomic E-state index is 13.5. The zero-order chi connectivity index (χ0) is 91.7. The van der Waals surface area contributed by atoms with Crippen molar-refractivity contribution < 1.29 is 108 Å². The van der Waals surface area contributed by atoms with E-state index in [9.17, 15) is 55.9 Å². The first-order valence-corrected chi connectivity index (χ1v) is 46.1. The van der Waals surface area contributed by atoms with Crippen LogP contribution in [0, 0.1) is 35.5 Å². The molecule has 125 heavy (non-hydrogen) atoms. The maximum absolute atomic E-state index is 13.5. The number of aliphatic hydroxyl groups is 10. The van der Waals surface area contributed by atoms with Gasteiger partial charge in [-0.15, -0.1) is 0 Å². The summed E-state index contributed by atoms with van der Waals surface area (Å²) in [6.45, 7) is 16.2. The molecule has 44 atom stereocenters. The summed E-state index contributed by atoms with van der Waals surface area (Å²) in [7, 11) is 0. The number of hydrogen-bond donors (Lipinski definition) is 24. The highest BCUT2D eigenvalue weighted by Gasteiger charge is 2.52. The lowest BCUT2D eigenvalue weighted by Gasteiger charge is -2.45. The van der Waals surface area contributed by atoms with Crippen molar-refractivity contribution in [2.75, 3.05) is 6.54 Å². The van der Waals surface area contributed by atoms with Gasteiger partial charge in [0.2, 0.25) is 0 Å². The molecule has 6 saturated carbocycles. The fourth-order valence-electron chi connectivity index (χ4n) is 19.1. The first-order chi connectivity index (χ1) is 59.2. The Labute approximate surface area is 738 Å². The summed E-state index contributed by atoms with van der Waals surface area (Å²) in [5, 5.41) is 102. The minimum atomic E-state index is -1.13. The molecule has 0 unspecified atom stereocenters. The number of amides is 1. The van der Waals surface area contributed by atoms with Crippen molar-refractivity contribution in [1.82, 2.24) is 4.90 Å². The molecule has 2 aromatic carbocycles. The molecule has 38 N–H and O–H groups in total. The molecule has 5 heterocycles. The van der Waals surface area contributed by atoms with Crippen molar-refractivity contribution in [3.63, 3.8) is 0 Å². The van der Waals surface area contributed by atoms with Gasteiger partial charge in [-0.1, -0.05) is 109 Å². The highest BCUT2D eigenvalue weighted by molar-refractivity contribution is 5.68. The third-order valence-corrected chi connectivity index (χ3v) is 27.7. The predicted molar refractivity (Wildman–Crippen MR) is 467 cm³/mol. The molecule has 0 radical (unpaired) electrons. The van der Waals surface area contributed by atoms with Gasteiger partial charge >= 0.3 is 6.09 Å². The molecule has 11 fully saturated rings. The van der Waals surface area contributed by atoms with E-state index in [0.717, 1.165) is 81.8 Å². The van der Waals surface area contributed by atoms with Gasteiger partial charge in [0, 0.05) is 61.4 Å². The van der Waals surface area contributed by atoms with E-state index in [1.165, 1.54) is 0 Å². The lowest BCUT2D eigenvalue weighted by Crippen LogP contribution is -2.61. The van der Waals surface area contributed by atoms with Crippen molar-refractivity contribution in [2.45, 2.75) is 429 Å². The Kier molecular flexibility index (Phi) is 41.5.